The summed E-state index contributed by atoms with van der Waals surface area (Å²) in [6.45, 7) is 6.77. The zero-order chi connectivity index (χ0) is 26.6. The number of amides is 1. The molecule has 200 valence electrons. The van der Waals surface area contributed by atoms with Crippen molar-refractivity contribution in [1.82, 2.24) is 9.80 Å². The van der Waals surface area contributed by atoms with E-state index < -0.39 is 70.4 Å². The van der Waals surface area contributed by atoms with Gasteiger partial charge in [0.15, 0.2) is 9.84 Å². The van der Waals surface area contributed by atoms with Gasteiger partial charge in [0.1, 0.15) is 11.5 Å². The number of halogens is 4. The number of carboxylic acid groups (broad SMARTS) is 1. The highest BCUT2D eigenvalue weighted by molar-refractivity contribution is 7.92. The summed E-state index contributed by atoms with van der Waals surface area (Å²) in [7, 11) is -4.23. The van der Waals surface area contributed by atoms with Crippen LogP contribution in [0.1, 0.15) is 33.1 Å². The summed E-state index contributed by atoms with van der Waals surface area (Å²) in [6, 6.07) is 3.27. The molecule has 2 heterocycles. The Labute approximate surface area is 212 Å². The maximum absolute atomic E-state index is 13.5. The van der Waals surface area contributed by atoms with Gasteiger partial charge in [0.2, 0.25) is 5.91 Å². The van der Waals surface area contributed by atoms with Crippen LogP contribution >= 0.6 is 11.6 Å². The summed E-state index contributed by atoms with van der Waals surface area (Å²) in [6.07, 6.45) is -6.21. The van der Waals surface area contributed by atoms with E-state index in [9.17, 15) is 36.3 Å². The number of anilines is 1. The first-order chi connectivity index (χ1) is 16.7. The van der Waals surface area contributed by atoms with Gasteiger partial charge in [-0.05, 0) is 51.3 Å². The number of hydrogen-bond acceptors (Lipinski definition) is 6. The third-order valence-electron chi connectivity index (χ3n) is 7.58. The molecule has 3 fully saturated rings. The van der Waals surface area contributed by atoms with E-state index in [1.165, 1.54) is 12.1 Å². The first-order valence-corrected chi connectivity index (χ1v) is 13.7. The summed E-state index contributed by atoms with van der Waals surface area (Å²) >= 11 is 6.37. The Bertz CT molecular complexity index is 1150. The molecule has 3 aliphatic rings. The van der Waals surface area contributed by atoms with Gasteiger partial charge in [0.25, 0.3) is 0 Å². The van der Waals surface area contributed by atoms with Crippen LogP contribution in [0.2, 0.25) is 5.02 Å². The number of piperazine rings is 1. The SMILES string of the molecule is CC(C)N1CCN(c2ccc(S(=O)(=O)[C@@H]3C[C@@H](C(=O)O)N(C(=O)C4(C(F)(F)F)CC4)C3)c(Cl)c2)CC1. The number of alkyl halides is 3. The Kier molecular flexibility index (Phi) is 7.02. The van der Waals surface area contributed by atoms with Crippen molar-refractivity contribution in [1.29, 1.82) is 0 Å². The average molecular weight is 552 g/mol. The molecule has 1 N–H and O–H groups in total. The molecule has 0 unspecified atom stereocenters. The van der Waals surface area contributed by atoms with Gasteiger partial charge in [0, 0.05) is 44.5 Å². The number of aliphatic carboxylic acids is 1. The van der Waals surface area contributed by atoms with Crippen molar-refractivity contribution in [3.05, 3.63) is 23.2 Å². The van der Waals surface area contributed by atoms with Crippen molar-refractivity contribution >= 4 is 39.0 Å². The summed E-state index contributed by atoms with van der Waals surface area (Å²) in [5.41, 5.74) is -1.88. The molecular weight excluding hydrogens is 523 g/mol. The monoisotopic (exact) mass is 551 g/mol. The van der Waals surface area contributed by atoms with Crippen molar-refractivity contribution in [2.24, 2.45) is 5.41 Å². The second-order valence-electron chi connectivity index (χ2n) is 10.0. The minimum absolute atomic E-state index is 0.0515. The molecule has 0 bridgehead atoms. The molecule has 1 aromatic rings. The predicted molar refractivity (Wildman–Crippen MR) is 127 cm³/mol. The Balaban J connectivity index is 1.54. The molecule has 13 heteroatoms. The van der Waals surface area contributed by atoms with Gasteiger partial charge in [-0.1, -0.05) is 11.6 Å². The first kappa shape index (κ1) is 27.0. The number of likely N-dealkylation sites (tertiary alicyclic amines) is 1. The van der Waals surface area contributed by atoms with Crippen LogP contribution < -0.4 is 4.90 Å². The van der Waals surface area contributed by atoms with Crippen LogP contribution in [0, 0.1) is 5.41 Å². The molecule has 0 aromatic heterocycles. The summed E-state index contributed by atoms with van der Waals surface area (Å²) in [5.74, 6) is -2.91. The van der Waals surface area contributed by atoms with Gasteiger partial charge in [-0.3, -0.25) is 9.69 Å². The molecule has 1 saturated carbocycles. The number of hydrogen-bond donors (Lipinski definition) is 1. The Morgan fingerprint density at radius 1 is 1.14 bits per heavy atom. The fourth-order valence-corrected chi connectivity index (χ4v) is 7.33. The second kappa shape index (κ2) is 9.36. The van der Waals surface area contributed by atoms with Gasteiger partial charge in [-0.15, -0.1) is 0 Å². The smallest absolute Gasteiger partial charge is 0.403 e. The lowest BCUT2D eigenvalue weighted by atomic mass is 10.0. The topological polar surface area (TPSA) is 98.2 Å². The highest BCUT2D eigenvalue weighted by Crippen LogP contribution is 2.59. The van der Waals surface area contributed by atoms with Crippen LogP contribution in [0.25, 0.3) is 0 Å². The minimum Gasteiger partial charge on any atom is -0.480 e. The lowest BCUT2D eigenvalue weighted by molar-refractivity contribution is -0.199. The van der Waals surface area contributed by atoms with E-state index in [2.05, 4.69) is 23.6 Å². The predicted octanol–water partition coefficient (Wildman–Crippen LogP) is 3.04. The number of benzene rings is 1. The lowest BCUT2D eigenvalue weighted by Crippen LogP contribution is -2.49. The van der Waals surface area contributed by atoms with Gasteiger partial charge in [-0.25, -0.2) is 13.2 Å². The van der Waals surface area contributed by atoms with E-state index in [4.69, 9.17) is 11.6 Å². The lowest BCUT2D eigenvalue weighted by Gasteiger charge is -2.38. The van der Waals surface area contributed by atoms with E-state index in [1.54, 1.807) is 6.07 Å². The van der Waals surface area contributed by atoms with Crippen LogP contribution in [0.5, 0.6) is 0 Å². The quantitative estimate of drug-likeness (QED) is 0.580. The maximum Gasteiger partial charge on any atom is 0.403 e. The summed E-state index contributed by atoms with van der Waals surface area (Å²) in [5, 5.41) is 8.12. The fourth-order valence-electron chi connectivity index (χ4n) is 5.09. The maximum atomic E-state index is 13.5. The third-order valence-corrected chi connectivity index (χ3v) is 10.2. The first-order valence-electron chi connectivity index (χ1n) is 11.8. The summed E-state index contributed by atoms with van der Waals surface area (Å²) in [4.78, 5) is 29.3. The van der Waals surface area contributed by atoms with Crippen molar-refractivity contribution in [3.8, 4) is 0 Å². The zero-order valence-corrected chi connectivity index (χ0v) is 21.5. The largest absolute Gasteiger partial charge is 0.480 e. The van der Waals surface area contributed by atoms with E-state index in [-0.39, 0.29) is 9.92 Å². The van der Waals surface area contributed by atoms with E-state index in [1.807, 2.05) is 0 Å². The molecule has 1 amide bonds. The van der Waals surface area contributed by atoms with E-state index in [0.717, 1.165) is 31.9 Å². The van der Waals surface area contributed by atoms with Crippen LogP contribution in [-0.4, -0.2) is 91.4 Å². The Hall–Kier alpha value is -2.05. The zero-order valence-electron chi connectivity index (χ0n) is 20.0. The molecule has 4 rings (SSSR count). The third kappa shape index (κ3) is 4.67. The molecule has 36 heavy (non-hydrogen) atoms. The highest BCUT2D eigenvalue weighted by Gasteiger charge is 2.70. The average Bonchev–Trinajstić information content (AvgIpc) is 3.50. The van der Waals surface area contributed by atoms with Crippen molar-refractivity contribution in [2.45, 2.75) is 61.5 Å². The number of carboxylic acids is 1. The Morgan fingerprint density at radius 3 is 2.22 bits per heavy atom. The number of rotatable bonds is 6. The van der Waals surface area contributed by atoms with Crippen molar-refractivity contribution in [3.63, 3.8) is 0 Å². The molecule has 1 aromatic carbocycles. The van der Waals surface area contributed by atoms with Gasteiger partial charge < -0.3 is 14.9 Å². The van der Waals surface area contributed by atoms with Gasteiger partial charge in [0.05, 0.1) is 15.2 Å². The van der Waals surface area contributed by atoms with Crippen molar-refractivity contribution in [2.75, 3.05) is 37.6 Å². The Morgan fingerprint density at radius 2 is 1.75 bits per heavy atom. The van der Waals surface area contributed by atoms with Crippen LogP contribution in [0.3, 0.4) is 0 Å². The molecule has 2 atom stereocenters. The molecule has 0 spiro atoms. The van der Waals surface area contributed by atoms with Gasteiger partial charge >= 0.3 is 12.1 Å². The normalized spacial score (nSPS) is 24.9. The van der Waals surface area contributed by atoms with Crippen LogP contribution in [-0.2, 0) is 19.4 Å². The second-order valence-corrected chi connectivity index (χ2v) is 12.6. The standard InChI is InChI=1S/C23H29ClF3N3O5S/c1-14(2)28-7-9-29(10-8-28)15-3-4-19(17(24)11-15)36(34,35)16-12-18(20(31)32)30(13-16)21(33)22(5-6-22)23(25,26)27/h3-4,11,14,16,18H,5-10,12-13H2,1-2H3,(H,31,32)/t16-,18+/m1/s1. The van der Waals surface area contributed by atoms with Crippen molar-refractivity contribution < 1.29 is 36.3 Å². The molecule has 2 aliphatic heterocycles. The number of nitrogens with zero attached hydrogens (tertiary/aromatic N) is 3. The van der Waals surface area contributed by atoms with Crippen LogP contribution in [0.4, 0.5) is 18.9 Å². The summed E-state index contributed by atoms with van der Waals surface area (Å²) < 4.78 is 67.3. The number of sulfone groups is 1. The molecule has 8 nitrogen and oxygen atoms in total. The van der Waals surface area contributed by atoms with E-state index in [0.29, 0.717) is 10.9 Å². The molecule has 2 saturated heterocycles. The van der Waals surface area contributed by atoms with Gasteiger partial charge in [-0.2, -0.15) is 13.2 Å². The van der Waals surface area contributed by atoms with Crippen LogP contribution in [0.15, 0.2) is 23.1 Å². The molecule has 0 radical (unpaired) electrons. The highest BCUT2D eigenvalue weighted by atomic mass is 35.5. The molecule has 1 aliphatic carbocycles. The fraction of sp³-hybridized carbons (Fsp3) is 0.652. The number of carbonyl (C=O) groups excluding carboxylic acids is 1. The number of carbonyl (C=O) groups is 2. The van der Waals surface area contributed by atoms with E-state index >= 15 is 0 Å². The minimum atomic E-state index is -4.83. The molecular formula is C23H29ClF3N3O5S.